The van der Waals surface area contributed by atoms with Gasteiger partial charge in [-0.15, -0.1) is 0 Å². The van der Waals surface area contributed by atoms with E-state index in [1.165, 1.54) is 0 Å². The Morgan fingerprint density at radius 1 is 1.22 bits per heavy atom. The van der Waals surface area contributed by atoms with Crippen LogP contribution in [0.1, 0.15) is 47.5 Å². The van der Waals surface area contributed by atoms with Gasteiger partial charge in [0.15, 0.2) is 0 Å². The van der Waals surface area contributed by atoms with Crippen molar-refractivity contribution in [2.75, 3.05) is 6.54 Å². The molecule has 2 amide bonds. The van der Waals surface area contributed by atoms with E-state index in [0.717, 1.165) is 6.42 Å². The third-order valence-electron chi connectivity index (χ3n) is 3.00. The second kappa shape index (κ2) is 7.95. The highest BCUT2D eigenvalue weighted by molar-refractivity contribution is 5.75. The first-order chi connectivity index (χ1) is 8.29. The van der Waals surface area contributed by atoms with Crippen LogP contribution >= 0.6 is 0 Å². The van der Waals surface area contributed by atoms with E-state index in [1.807, 2.05) is 20.8 Å². The molecule has 0 fully saturated rings. The Hall–Kier alpha value is -1.26. The van der Waals surface area contributed by atoms with Gasteiger partial charge in [-0.3, -0.25) is 4.79 Å². The minimum Gasteiger partial charge on any atom is -0.481 e. The summed E-state index contributed by atoms with van der Waals surface area (Å²) in [5.74, 6) is -0.517. The average Bonchev–Trinajstić information content (AvgIpc) is 2.24. The lowest BCUT2D eigenvalue weighted by Crippen LogP contribution is -2.49. The minimum atomic E-state index is -0.885. The summed E-state index contributed by atoms with van der Waals surface area (Å²) in [6.45, 7) is 10.2. The van der Waals surface area contributed by atoms with Gasteiger partial charge in [-0.2, -0.15) is 0 Å². The molecule has 18 heavy (non-hydrogen) atoms. The van der Waals surface area contributed by atoms with Gasteiger partial charge < -0.3 is 15.3 Å². The number of carbonyl (C=O) groups excluding carboxylic acids is 1. The van der Waals surface area contributed by atoms with Crippen molar-refractivity contribution in [3.05, 3.63) is 0 Å². The van der Waals surface area contributed by atoms with Crippen molar-refractivity contribution < 1.29 is 14.7 Å². The summed E-state index contributed by atoms with van der Waals surface area (Å²) in [5, 5.41) is 11.6. The van der Waals surface area contributed by atoms with E-state index in [0.29, 0.717) is 5.92 Å². The highest BCUT2D eigenvalue weighted by atomic mass is 16.4. The molecule has 0 aliphatic carbocycles. The molecule has 2 N–H and O–H groups in total. The molecule has 106 valence electrons. The summed E-state index contributed by atoms with van der Waals surface area (Å²) in [7, 11) is 0. The maximum absolute atomic E-state index is 12.1. The maximum Gasteiger partial charge on any atom is 0.317 e. The maximum atomic E-state index is 12.1. The second-order valence-electron chi connectivity index (χ2n) is 5.14. The Kier molecular flexibility index (Phi) is 7.39. The molecule has 0 bridgehead atoms. The molecule has 0 aromatic heterocycles. The average molecular weight is 258 g/mol. The molecular weight excluding hydrogens is 232 g/mol. The number of hydrogen-bond donors (Lipinski definition) is 2. The van der Waals surface area contributed by atoms with Crippen LogP contribution in [-0.4, -0.2) is 40.6 Å². The van der Waals surface area contributed by atoms with Gasteiger partial charge in [-0.05, 0) is 26.2 Å². The molecule has 0 saturated heterocycles. The summed E-state index contributed by atoms with van der Waals surface area (Å²) in [5.41, 5.74) is 0. The van der Waals surface area contributed by atoms with Gasteiger partial charge in [-0.25, -0.2) is 4.79 Å². The highest BCUT2D eigenvalue weighted by Gasteiger charge is 2.21. The Morgan fingerprint density at radius 3 is 2.11 bits per heavy atom. The van der Waals surface area contributed by atoms with Gasteiger partial charge in [0.05, 0.1) is 6.42 Å². The Labute approximate surface area is 110 Å². The molecule has 0 aromatic carbocycles. The van der Waals surface area contributed by atoms with Gasteiger partial charge in [0.25, 0.3) is 0 Å². The van der Waals surface area contributed by atoms with Gasteiger partial charge in [0, 0.05) is 18.6 Å². The Bertz CT molecular complexity index is 277. The van der Waals surface area contributed by atoms with Crippen LogP contribution < -0.4 is 5.32 Å². The number of urea groups is 1. The summed E-state index contributed by atoms with van der Waals surface area (Å²) in [4.78, 5) is 24.2. The first kappa shape index (κ1) is 16.7. The van der Waals surface area contributed by atoms with Crippen molar-refractivity contribution in [1.82, 2.24) is 10.2 Å². The summed E-state index contributed by atoms with van der Waals surface area (Å²) < 4.78 is 0. The van der Waals surface area contributed by atoms with Crippen molar-refractivity contribution in [1.29, 1.82) is 0 Å². The molecule has 0 heterocycles. The molecule has 0 aliphatic rings. The Morgan fingerprint density at radius 2 is 1.78 bits per heavy atom. The van der Waals surface area contributed by atoms with Crippen molar-refractivity contribution >= 4 is 12.0 Å². The van der Waals surface area contributed by atoms with E-state index >= 15 is 0 Å². The number of hydrogen-bond acceptors (Lipinski definition) is 2. The number of nitrogens with one attached hydrogen (secondary N) is 1. The smallest absolute Gasteiger partial charge is 0.317 e. The number of carbonyl (C=O) groups is 2. The minimum absolute atomic E-state index is 0.00554. The number of carboxylic acids is 1. The Balaban J connectivity index is 4.51. The normalized spacial score (nSPS) is 12.6. The highest BCUT2D eigenvalue weighted by Crippen LogP contribution is 2.08. The van der Waals surface area contributed by atoms with Crippen molar-refractivity contribution in [2.45, 2.75) is 59.5 Å². The van der Waals surface area contributed by atoms with Crippen LogP contribution in [0.15, 0.2) is 0 Å². The largest absolute Gasteiger partial charge is 0.481 e. The molecule has 0 spiro atoms. The van der Waals surface area contributed by atoms with E-state index < -0.39 is 5.97 Å². The summed E-state index contributed by atoms with van der Waals surface area (Å²) >= 11 is 0. The topological polar surface area (TPSA) is 69.6 Å². The van der Waals surface area contributed by atoms with E-state index in [1.54, 1.807) is 4.90 Å². The fourth-order valence-corrected chi connectivity index (χ4v) is 1.79. The van der Waals surface area contributed by atoms with Gasteiger partial charge >= 0.3 is 12.0 Å². The second-order valence-corrected chi connectivity index (χ2v) is 5.14. The van der Waals surface area contributed by atoms with Crippen LogP contribution in [0.25, 0.3) is 0 Å². The van der Waals surface area contributed by atoms with Crippen molar-refractivity contribution in [3.8, 4) is 0 Å². The quantitative estimate of drug-likeness (QED) is 0.736. The standard InChI is InChI=1S/C13H26N2O3/c1-6-11(9(2)3)14-13(18)15(10(4)5)8-7-12(16)17/h9-11H,6-8H2,1-5H3,(H,14,18)(H,16,17). The first-order valence-corrected chi connectivity index (χ1v) is 6.58. The lowest BCUT2D eigenvalue weighted by molar-refractivity contribution is -0.137. The van der Waals surface area contributed by atoms with Gasteiger partial charge in [0.1, 0.15) is 0 Å². The number of amides is 2. The zero-order valence-electron chi connectivity index (χ0n) is 12.1. The van der Waals surface area contributed by atoms with Gasteiger partial charge in [-0.1, -0.05) is 20.8 Å². The molecule has 5 heteroatoms. The van der Waals surface area contributed by atoms with E-state index in [9.17, 15) is 9.59 Å². The van der Waals surface area contributed by atoms with Gasteiger partial charge in [0.2, 0.25) is 0 Å². The molecule has 5 nitrogen and oxygen atoms in total. The molecule has 1 atom stereocenters. The van der Waals surface area contributed by atoms with Crippen LogP contribution in [0.5, 0.6) is 0 Å². The molecule has 0 saturated carbocycles. The van der Waals surface area contributed by atoms with Crippen molar-refractivity contribution in [3.63, 3.8) is 0 Å². The zero-order chi connectivity index (χ0) is 14.3. The molecular formula is C13H26N2O3. The SMILES string of the molecule is CCC(NC(=O)N(CCC(=O)O)C(C)C)C(C)C. The summed E-state index contributed by atoms with van der Waals surface area (Å²) in [6.07, 6.45) is 0.846. The fourth-order valence-electron chi connectivity index (χ4n) is 1.79. The molecule has 0 aliphatic heterocycles. The molecule has 0 rings (SSSR count). The van der Waals surface area contributed by atoms with Crippen LogP contribution in [0.2, 0.25) is 0 Å². The third-order valence-corrected chi connectivity index (χ3v) is 3.00. The molecule has 0 radical (unpaired) electrons. The van der Waals surface area contributed by atoms with Crippen molar-refractivity contribution in [2.24, 2.45) is 5.92 Å². The monoisotopic (exact) mass is 258 g/mol. The number of nitrogens with zero attached hydrogens (tertiary/aromatic N) is 1. The predicted octanol–water partition coefficient (Wildman–Crippen LogP) is 2.32. The lowest BCUT2D eigenvalue weighted by Gasteiger charge is -2.30. The van der Waals surface area contributed by atoms with E-state index in [-0.39, 0.29) is 31.1 Å². The summed E-state index contributed by atoms with van der Waals surface area (Å²) in [6, 6.07) is -0.0515. The molecule has 0 aromatic rings. The molecule has 1 unspecified atom stereocenters. The first-order valence-electron chi connectivity index (χ1n) is 6.58. The number of aliphatic carboxylic acids is 1. The van der Waals surface area contributed by atoms with E-state index in [4.69, 9.17) is 5.11 Å². The fraction of sp³-hybridized carbons (Fsp3) is 0.846. The number of rotatable bonds is 7. The predicted molar refractivity (Wildman–Crippen MR) is 71.5 cm³/mol. The zero-order valence-corrected chi connectivity index (χ0v) is 12.1. The third kappa shape index (κ3) is 5.89. The lowest BCUT2D eigenvalue weighted by atomic mass is 10.0. The van der Waals surface area contributed by atoms with Crippen LogP contribution in [-0.2, 0) is 4.79 Å². The van der Waals surface area contributed by atoms with E-state index in [2.05, 4.69) is 19.2 Å². The van der Waals surface area contributed by atoms with Crippen LogP contribution in [0.3, 0.4) is 0 Å². The number of carboxylic acid groups (broad SMARTS) is 1. The van der Waals surface area contributed by atoms with Crippen LogP contribution in [0.4, 0.5) is 4.79 Å². The van der Waals surface area contributed by atoms with Crippen LogP contribution in [0, 0.1) is 5.92 Å².